The summed E-state index contributed by atoms with van der Waals surface area (Å²) in [5.41, 5.74) is -1.19. The van der Waals surface area contributed by atoms with Crippen LogP contribution in [0.2, 0.25) is 0 Å². The maximum Gasteiger partial charge on any atom is 0.433 e. The lowest BCUT2D eigenvalue weighted by Gasteiger charge is -2.49. The standard InChI is InChI=1S/C24H35F3N4O4/c1-3-35-21(32)7-10-30-11-13-31(14-12-30)23(8-15-34-16-9-23)17-28-22(33)18(2)19-5-4-6-20(29-19)24(25,26)27/h4-6,18H,3,7-17H2,1-2H3,(H,28,33). The van der Waals surface area contributed by atoms with Gasteiger partial charge in [0.25, 0.3) is 0 Å². The van der Waals surface area contributed by atoms with E-state index < -0.39 is 17.8 Å². The summed E-state index contributed by atoms with van der Waals surface area (Å²) in [6.45, 7) is 9.16. The third-order valence-electron chi connectivity index (χ3n) is 6.89. The second-order valence-electron chi connectivity index (χ2n) is 9.11. The second kappa shape index (κ2) is 12.1. The van der Waals surface area contributed by atoms with Crippen molar-refractivity contribution in [1.82, 2.24) is 20.1 Å². The molecule has 3 heterocycles. The van der Waals surface area contributed by atoms with Gasteiger partial charge in [-0.15, -0.1) is 0 Å². The monoisotopic (exact) mass is 500 g/mol. The van der Waals surface area contributed by atoms with Crippen molar-refractivity contribution in [3.8, 4) is 0 Å². The van der Waals surface area contributed by atoms with Gasteiger partial charge in [-0.2, -0.15) is 13.2 Å². The molecular weight excluding hydrogens is 465 g/mol. The normalized spacial score (nSPS) is 20.3. The quantitative estimate of drug-likeness (QED) is 0.522. The number of hydrogen-bond donors (Lipinski definition) is 1. The van der Waals surface area contributed by atoms with Crippen molar-refractivity contribution in [2.45, 2.75) is 50.7 Å². The van der Waals surface area contributed by atoms with Gasteiger partial charge >= 0.3 is 12.1 Å². The van der Waals surface area contributed by atoms with Crippen LogP contribution in [0.4, 0.5) is 13.2 Å². The molecule has 2 saturated heterocycles. The van der Waals surface area contributed by atoms with E-state index in [9.17, 15) is 22.8 Å². The molecule has 1 aromatic rings. The smallest absolute Gasteiger partial charge is 0.433 e. The first-order valence-electron chi connectivity index (χ1n) is 12.2. The number of carbonyl (C=O) groups is 2. The first-order chi connectivity index (χ1) is 16.6. The highest BCUT2D eigenvalue weighted by atomic mass is 19.4. The van der Waals surface area contributed by atoms with E-state index in [1.165, 1.54) is 12.1 Å². The number of rotatable bonds is 9. The van der Waals surface area contributed by atoms with Gasteiger partial charge in [0.1, 0.15) is 5.69 Å². The Bertz CT molecular complexity index is 853. The van der Waals surface area contributed by atoms with Crippen molar-refractivity contribution in [2.75, 3.05) is 59.1 Å². The predicted octanol–water partition coefficient (Wildman–Crippen LogP) is 2.44. The molecule has 1 atom stereocenters. The molecule has 11 heteroatoms. The number of amides is 1. The maximum absolute atomic E-state index is 13.0. The summed E-state index contributed by atoms with van der Waals surface area (Å²) in [5, 5.41) is 2.98. The Hall–Kier alpha value is -2.24. The van der Waals surface area contributed by atoms with E-state index in [0.717, 1.165) is 45.1 Å². The number of piperazine rings is 1. The fraction of sp³-hybridized carbons (Fsp3) is 0.708. The molecule has 8 nitrogen and oxygen atoms in total. The van der Waals surface area contributed by atoms with Gasteiger partial charge in [-0.25, -0.2) is 4.98 Å². The van der Waals surface area contributed by atoms with Crippen molar-refractivity contribution >= 4 is 11.9 Å². The first-order valence-corrected chi connectivity index (χ1v) is 12.2. The molecule has 0 saturated carbocycles. The third kappa shape index (κ3) is 7.37. The van der Waals surface area contributed by atoms with Crippen LogP contribution in [0.25, 0.3) is 0 Å². The van der Waals surface area contributed by atoms with Crippen molar-refractivity contribution in [2.24, 2.45) is 0 Å². The summed E-state index contributed by atoms with van der Waals surface area (Å²) in [6.07, 6.45) is -2.68. The summed E-state index contributed by atoms with van der Waals surface area (Å²) < 4.78 is 49.6. The van der Waals surface area contributed by atoms with Crippen molar-refractivity contribution in [3.05, 3.63) is 29.6 Å². The topological polar surface area (TPSA) is 84.0 Å². The van der Waals surface area contributed by atoms with E-state index in [2.05, 4.69) is 20.1 Å². The minimum atomic E-state index is -4.56. The number of ether oxygens (including phenoxy) is 2. The summed E-state index contributed by atoms with van der Waals surface area (Å²) in [7, 11) is 0. The van der Waals surface area contributed by atoms with Gasteiger partial charge < -0.3 is 19.7 Å². The van der Waals surface area contributed by atoms with E-state index in [0.29, 0.717) is 39.3 Å². The van der Waals surface area contributed by atoms with E-state index >= 15 is 0 Å². The molecule has 35 heavy (non-hydrogen) atoms. The van der Waals surface area contributed by atoms with E-state index in [1.54, 1.807) is 13.8 Å². The Labute approximate surface area is 204 Å². The SMILES string of the molecule is CCOC(=O)CCN1CCN(C2(CNC(=O)C(C)c3cccc(C(F)(F)F)n3)CCOCC2)CC1. The molecule has 196 valence electrons. The molecule has 2 fully saturated rings. The third-order valence-corrected chi connectivity index (χ3v) is 6.89. The molecule has 1 aromatic heterocycles. The number of aromatic nitrogens is 1. The molecular formula is C24H35F3N4O4. The number of carbonyl (C=O) groups excluding carboxylic acids is 2. The summed E-state index contributed by atoms with van der Waals surface area (Å²) in [6, 6.07) is 3.62. The number of pyridine rings is 1. The molecule has 0 aliphatic carbocycles. The number of halogens is 3. The fourth-order valence-corrected chi connectivity index (χ4v) is 4.67. The van der Waals surface area contributed by atoms with E-state index in [-0.39, 0.29) is 23.1 Å². The average Bonchev–Trinajstić information content (AvgIpc) is 2.86. The molecule has 0 aromatic carbocycles. The summed E-state index contributed by atoms with van der Waals surface area (Å²) in [4.78, 5) is 32.8. The van der Waals surface area contributed by atoms with Gasteiger partial charge in [0.15, 0.2) is 0 Å². The van der Waals surface area contributed by atoms with Gasteiger partial charge in [0.2, 0.25) is 5.91 Å². The van der Waals surface area contributed by atoms with Gasteiger partial charge in [-0.3, -0.25) is 14.5 Å². The largest absolute Gasteiger partial charge is 0.466 e. The zero-order chi connectivity index (χ0) is 25.5. The Morgan fingerprint density at radius 3 is 2.51 bits per heavy atom. The number of esters is 1. The lowest BCUT2D eigenvalue weighted by Crippen LogP contribution is -2.63. The lowest BCUT2D eigenvalue weighted by atomic mass is 9.86. The molecule has 0 bridgehead atoms. The Balaban J connectivity index is 1.58. The fourth-order valence-electron chi connectivity index (χ4n) is 4.67. The number of hydrogen-bond acceptors (Lipinski definition) is 7. The lowest BCUT2D eigenvalue weighted by molar-refractivity contribution is -0.144. The number of nitrogens with one attached hydrogen (secondary N) is 1. The minimum absolute atomic E-state index is 0.0913. The van der Waals surface area contributed by atoms with Gasteiger partial charge in [0.05, 0.1) is 24.6 Å². The minimum Gasteiger partial charge on any atom is -0.466 e. The molecule has 2 aliphatic heterocycles. The van der Waals surface area contributed by atoms with Crippen LogP contribution in [-0.2, 0) is 25.2 Å². The van der Waals surface area contributed by atoms with Crippen LogP contribution < -0.4 is 5.32 Å². The molecule has 1 N–H and O–H groups in total. The Kier molecular flexibility index (Phi) is 9.48. The zero-order valence-corrected chi connectivity index (χ0v) is 20.4. The van der Waals surface area contributed by atoms with Gasteiger partial charge in [-0.1, -0.05) is 6.07 Å². The highest BCUT2D eigenvalue weighted by molar-refractivity contribution is 5.82. The van der Waals surface area contributed by atoms with Crippen LogP contribution in [0.5, 0.6) is 0 Å². The van der Waals surface area contributed by atoms with Crippen LogP contribution in [-0.4, -0.2) is 91.3 Å². The molecule has 0 spiro atoms. The molecule has 1 amide bonds. The highest BCUT2D eigenvalue weighted by Crippen LogP contribution is 2.30. The first kappa shape index (κ1) is 27.3. The van der Waals surface area contributed by atoms with E-state index in [4.69, 9.17) is 9.47 Å². The van der Waals surface area contributed by atoms with Crippen molar-refractivity contribution < 1.29 is 32.2 Å². The van der Waals surface area contributed by atoms with Gasteiger partial charge in [0, 0.05) is 58.0 Å². The molecule has 3 rings (SSSR count). The average molecular weight is 501 g/mol. The predicted molar refractivity (Wildman–Crippen MR) is 123 cm³/mol. The van der Waals surface area contributed by atoms with Crippen LogP contribution in [0, 0.1) is 0 Å². The highest BCUT2D eigenvalue weighted by Gasteiger charge is 2.40. The van der Waals surface area contributed by atoms with Crippen molar-refractivity contribution in [1.29, 1.82) is 0 Å². The van der Waals surface area contributed by atoms with Crippen molar-refractivity contribution in [3.63, 3.8) is 0 Å². The zero-order valence-electron chi connectivity index (χ0n) is 20.4. The van der Waals surface area contributed by atoms with Crippen LogP contribution in [0.1, 0.15) is 50.4 Å². The number of nitrogens with zero attached hydrogens (tertiary/aromatic N) is 3. The van der Waals surface area contributed by atoms with Gasteiger partial charge in [-0.05, 0) is 38.8 Å². The van der Waals surface area contributed by atoms with Crippen LogP contribution >= 0.6 is 0 Å². The molecule has 0 radical (unpaired) electrons. The summed E-state index contributed by atoms with van der Waals surface area (Å²) in [5.74, 6) is -1.35. The number of alkyl halides is 3. The van der Waals surface area contributed by atoms with Crippen LogP contribution in [0.3, 0.4) is 0 Å². The Morgan fingerprint density at radius 1 is 1.20 bits per heavy atom. The maximum atomic E-state index is 13.0. The summed E-state index contributed by atoms with van der Waals surface area (Å²) >= 11 is 0. The second-order valence-corrected chi connectivity index (χ2v) is 9.11. The van der Waals surface area contributed by atoms with E-state index in [1.807, 2.05) is 0 Å². The Morgan fingerprint density at radius 2 is 1.89 bits per heavy atom. The van der Waals surface area contributed by atoms with Crippen LogP contribution in [0.15, 0.2) is 18.2 Å². The molecule has 1 unspecified atom stereocenters. The molecule has 2 aliphatic rings.